The summed E-state index contributed by atoms with van der Waals surface area (Å²) in [5, 5.41) is 17.1. The molecule has 3 amide bonds. The van der Waals surface area contributed by atoms with Gasteiger partial charge in [0.1, 0.15) is 0 Å². The molecule has 1 saturated heterocycles. The Balaban J connectivity index is 2.21. The highest BCUT2D eigenvalue weighted by Gasteiger charge is 2.27. The maximum atomic E-state index is 12.9. The van der Waals surface area contributed by atoms with Gasteiger partial charge in [-0.2, -0.15) is 0 Å². The maximum absolute atomic E-state index is 12.9. The third-order valence-corrected chi connectivity index (χ3v) is 4.59. The lowest BCUT2D eigenvalue weighted by atomic mass is 10.0. The van der Waals surface area contributed by atoms with Crippen LogP contribution in [0.4, 0.5) is 10.6 Å². The lowest BCUT2D eigenvalue weighted by Crippen LogP contribution is -2.54. The number of nitrogens with one attached hydrogen (secondary N) is 3. The third kappa shape index (κ3) is 5.89. The molecule has 0 radical (unpaired) electrons. The molecule has 27 heavy (non-hydrogen) atoms. The molecular formula is C19H32N6O2. The summed E-state index contributed by atoms with van der Waals surface area (Å²) in [7, 11) is 0. The van der Waals surface area contributed by atoms with Crippen LogP contribution in [0.5, 0.6) is 0 Å². The highest BCUT2D eigenvalue weighted by atomic mass is 16.2. The number of carbonyl (C=O) groups excluding carboxylic acids is 2. The Hall–Kier alpha value is -2.22. The van der Waals surface area contributed by atoms with E-state index < -0.39 is 0 Å². The number of rotatable bonds is 6. The van der Waals surface area contributed by atoms with Crippen molar-refractivity contribution in [1.29, 1.82) is 0 Å². The van der Waals surface area contributed by atoms with Crippen LogP contribution in [0.2, 0.25) is 0 Å². The number of hydrogen-bond donors (Lipinski definition) is 3. The first-order valence-electron chi connectivity index (χ1n) is 9.75. The van der Waals surface area contributed by atoms with Gasteiger partial charge in [-0.25, -0.2) is 4.79 Å². The topological polar surface area (TPSA) is 99.2 Å². The summed E-state index contributed by atoms with van der Waals surface area (Å²) >= 11 is 0. The molecule has 1 aliphatic heterocycles. The van der Waals surface area contributed by atoms with E-state index in [1.807, 2.05) is 11.8 Å². The van der Waals surface area contributed by atoms with Crippen molar-refractivity contribution in [1.82, 2.24) is 25.7 Å². The number of amides is 3. The summed E-state index contributed by atoms with van der Waals surface area (Å²) in [6, 6.07) is 1.73. The van der Waals surface area contributed by atoms with Gasteiger partial charge in [-0.1, -0.05) is 27.7 Å². The van der Waals surface area contributed by atoms with E-state index in [4.69, 9.17) is 0 Å². The summed E-state index contributed by atoms with van der Waals surface area (Å²) < 4.78 is 0. The normalized spacial score (nSPS) is 17.3. The Morgan fingerprint density at radius 2 is 2.04 bits per heavy atom. The van der Waals surface area contributed by atoms with Crippen molar-refractivity contribution in [3.8, 4) is 0 Å². The molecular weight excluding hydrogens is 344 g/mol. The van der Waals surface area contributed by atoms with Crippen molar-refractivity contribution in [3.05, 3.63) is 17.3 Å². The van der Waals surface area contributed by atoms with Crippen LogP contribution >= 0.6 is 0 Å². The molecule has 2 heterocycles. The van der Waals surface area contributed by atoms with Gasteiger partial charge in [0.15, 0.2) is 11.5 Å². The molecule has 1 atom stereocenters. The van der Waals surface area contributed by atoms with Crippen molar-refractivity contribution in [2.24, 2.45) is 11.8 Å². The molecule has 150 valence electrons. The average molecular weight is 377 g/mol. The van der Waals surface area contributed by atoms with Gasteiger partial charge in [-0.3, -0.25) is 10.1 Å². The van der Waals surface area contributed by atoms with E-state index in [9.17, 15) is 9.59 Å². The zero-order valence-electron chi connectivity index (χ0n) is 17.0. The first kappa shape index (κ1) is 21.1. The quantitative estimate of drug-likeness (QED) is 0.704. The van der Waals surface area contributed by atoms with E-state index >= 15 is 0 Å². The first-order chi connectivity index (χ1) is 12.8. The van der Waals surface area contributed by atoms with Gasteiger partial charge in [0.25, 0.3) is 5.91 Å². The van der Waals surface area contributed by atoms with Crippen LogP contribution in [0.3, 0.4) is 0 Å². The average Bonchev–Trinajstić information content (AvgIpc) is 2.62. The van der Waals surface area contributed by atoms with Gasteiger partial charge in [0.05, 0.1) is 0 Å². The molecule has 1 aliphatic rings. The molecule has 0 saturated carbocycles. The van der Waals surface area contributed by atoms with Crippen molar-refractivity contribution in [3.63, 3.8) is 0 Å². The summed E-state index contributed by atoms with van der Waals surface area (Å²) in [4.78, 5) is 26.6. The maximum Gasteiger partial charge on any atom is 0.320 e. The molecule has 0 aromatic carbocycles. The lowest BCUT2D eigenvalue weighted by molar-refractivity contribution is 0.0676. The monoisotopic (exact) mass is 376 g/mol. The minimum Gasteiger partial charge on any atom is -0.338 e. The minimum atomic E-state index is -0.322. The predicted octanol–water partition coefficient (Wildman–Crippen LogP) is 1.89. The van der Waals surface area contributed by atoms with Crippen molar-refractivity contribution >= 4 is 17.8 Å². The van der Waals surface area contributed by atoms with Crippen LogP contribution in [0.15, 0.2) is 6.07 Å². The molecule has 8 nitrogen and oxygen atoms in total. The predicted molar refractivity (Wildman–Crippen MR) is 106 cm³/mol. The van der Waals surface area contributed by atoms with Crippen molar-refractivity contribution in [2.75, 3.05) is 31.5 Å². The van der Waals surface area contributed by atoms with E-state index in [0.29, 0.717) is 49.4 Å². The number of piperazine rings is 1. The van der Waals surface area contributed by atoms with Gasteiger partial charge in [0.2, 0.25) is 0 Å². The number of anilines is 1. The van der Waals surface area contributed by atoms with E-state index in [-0.39, 0.29) is 18.0 Å². The molecule has 3 N–H and O–H groups in total. The number of urea groups is 1. The number of nitrogens with zero attached hydrogens (tertiary/aromatic N) is 3. The fourth-order valence-electron chi connectivity index (χ4n) is 3.12. The van der Waals surface area contributed by atoms with Crippen LogP contribution in [0.25, 0.3) is 0 Å². The Labute approximate surface area is 161 Å². The van der Waals surface area contributed by atoms with Crippen LogP contribution in [0, 0.1) is 11.8 Å². The zero-order chi connectivity index (χ0) is 20.0. The fourth-order valence-corrected chi connectivity index (χ4v) is 3.12. The smallest absolute Gasteiger partial charge is 0.320 e. The second-order valence-electron chi connectivity index (χ2n) is 7.74. The molecule has 1 aromatic heterocycles. The molecule has 0 aliphatic carbocycles. The molecule has 1 fully saturated rings. The Bertz CT molecular complexity index is 662. The number of hydrogen-bond acceptors (Lipinski definition) is 5. The molecule has 2 rings (SSSR count). The molecule has 0 spiro atoms. The summed E-state index contributed by atoms with van der Waals surface area (Å²) in [5.74, 6) is 1.11. The summed E-state index contributed by atoms with van der Waals surface area (Å²) in [5.41, 5.74) is 1.15. The van der Waals surface area contributed by atoms with Crippen LogP contribution in [-0.2, 0) is 6.42 Å². The second-order valence-corrected chi connectivity index (χ2v) is 7.74. The molecule has 1 aromatic rings. The van der Waals surface area contributed by atoms with Gasteiger partial charge >= 0.3 is 6.03 Å². The third-order valence-electron chi connectivity index (χ3n) is 4.59. The lowest BCUT2D eigenvalue weighted by Gasteiger charge is -2.35. The standard InChI is InChI=1S/C19H32N6O2/c1-6-20-19(27)22-17-14(9-12(2)3)10-15(23-24-17)18(26)25-8-7-21-16(11-25)13(4)5/h10,12-13,16,21H,6-9,11H2,1-5H3,(H2,20,22,24,27)/t16-/m1/s1. The van der Waals surface area contributed by atoms with Crippen molar-refractivity contribution in [2.45, 2.75) is 47.1 Å². The Morgan fingerprint density at radius 1 is 1.30 bits per heavy atom. The number of carbonyl (C=O) groups is 2. The van der Waals surface area contributed by atoms with Gasteiger partial charge in [-0.05, 0) is 36.8 Å². The Kier molecular flexibility index (Phi) is 7.53. The molecule has 0 unspecified atom stereocenters. The SMILES string of the molecule is CCNC(=O)Nc1nnc(C(=O)N2CCN[C@@H](C(C)C)C2)cc1CC(C)C. The second kappa shape index (κ2) is 9.64. The van der Waals surface area contributed by atoms with E-state index in [1.54, 1.807) is 6.07 Å². The first-order valence-corrected chi connectivity index (χ1v) is 9.75. The number of aromatic nitrogens is 2. The highest BCUT2D eigenvalue weighted by molar-refractivity contribution is 5.93. The van der Waals surface area contributed by atoms with E-state index in [0.717, 1.165) is 12.1 Å². The van der Waals surface area contributed by atoms with E-state index in [1.165, 1.54) is 0 Å². The molecule has 0 bridgehead atoms. The molecule has 8 heteroatoms. The van der Waals surface area contributed by atoms with E-state index in [2.05, 4.69) is 53.8 Å². The minimum absolute atomic E-state index is 0.107. The summed E-state index contributed by atoms with van der Waals surface area (Å²) in [6.45, 7) is 12.9. The fraction of sp³-hybridized carbons (Fsp3) is 0.684. The van der Waals surface area contributed by atoms with Gasteiger partial charge in [-0.15, -0.1) is 10.2 Å². The van der Waals surface area contributed by atoms with Crippen molar-refractivity contribution < 1.29 is 9.59 Å². The van der Waals surface area contributed by atoms with Crippen LogP contribution in [0.1, 0.15) is 50.7 Å². The Morgan fingerprint density at radius 3 is 2.67 bits per heavy atom. The van der Waals surface area contributed by atoms with Crippen LogP contribution < -0.4 is 16.0 Å². The summed E-state index contributed by atoms with van der Waals surface area (Å²) in [6.07, 6.45) is 0.702. The van der Waals surface area contributed by atoms with Gasteiger partial charge in [0, 0.05) is 32.2 Å². The van der Waals surface area contributed by atoms with Crippen LogP contribution in [-0.4, -0.2) is 59.3 Å². The largest absolute Gasteiger partial charge is 0.338 e. The highest BCUT2D eigenvalue weighted by Crippen LogP contribution is 2.19. The zero-order valence-corrected chi connectivity index (χ0v) is 17.0. The van der Waals surface area contributed by atoms with Gasteiger partial charge < -0.3 is 15.5 Å².